The molecule has 0 aromatic carbocycles. The third-order valence-electron chi connectivity index (χ3n) is 2.14. The quantitative estimate of drug-likeness (QED) is 0.561. The predicted octanol–water partition coefficient (Wildman–Crippen LogP) is 1.61. The normalized spacial score (nSPS) is 17.1. The molecule has 0 N–H and O–H groups in total. The molecular weight excluding hydrogens is 239 g/mol. The Balaban J connectivity index is 2.91. The molecule has 0 fully saturated rings. The molecule has 0 aromatic rings. The molecule has 0 atom stereocenters. The van der Waals surface area contributed by atoms with E-state index >= 15 is 0 Å². The first-order chi connectivity index (χ1) is 7.44. The van der Waals surface area contributed by atoms with Crippen LogP contribution in [0.15, 0.2) is 11.3 Å². The maximum absolute atomic E-state index is 12.4. The first-order valence-corrected chi connectivity index (χ1v) is 6.28. The highest BCUT2D eigenvalue weighted by molar-refractivity contribution is 7.81. The maximum Gasteiger partial charge on any atom is 0.488 e. The molecule has 0 bridgehead atoms. The Bertz CT molecular complexity index is 398. The van der Waals surface area contributed by atoms with Crippen molar-refractivity contribution >= 4 is 16.5 Å². The average Bonchev–Trinajstić information content (AvgIpc) is 2.16. The number of allylic oxidation sites excluding steroid dienone is 1. The molecule has 0 saturated heterocycles. The van der Waals surface area contributed by atoms with Crippen LogP contribution in [0.5, 0.6) is 0 Å². The van der Waals surface area contributed by atoms with Crippen LogP contribution in [0, 0.1) is 0 Å². The summed E-state index contributed by atoms with van der Waals surface area (Å²) in [5.41, 5.74) is 0.120. The van der Waals surface area contributed by atoms with Gasteiger partial charge in [0.15, 0.2) is 0 Å². The molecule has 0 aromatic heterocycles. The lowest BCUT2D eigenvalue weighted by molar-refractivity contribution is -0.139. The Hall–Kier alpha value is -1.11. The van der Waals surface area contributed by atoms with E-state index in [9.17, 15) is 17.1 Å². The largest absolute Gasteiger partial charge is 0.488 e. The summed E-state index contributed by atoms with van der Waals surface area (Å²) in [6.45, 7) is 1.81. The van der Waals surface area contributed by atoms with Gasteiger partial charge in [0.1, 0.15) is 5.76 Å². The van der Waals surface area contributed by atoms with Crippen LogP contribution in [0.25, 0.3) is 0 Å². The van der Waals surface area contributed by atoms with Crippen LogP contribution in [-0.2, 0) is 24.2 Å². The van der Waals surface area contributed by atoms with Crippen molar-refractivity contribution in [3.8, 4) is 0 Å². The highest BCUT2D eigenvalue weighted by atomic mass is 32.3. The van der Waals surface area contributed by atoms with Crippen LogP contribution in [0.3, 0.4) is 0 Å². The minimum Gasteiger partial charge on any atom is -0.463 e. The fraction of sp³-hybridized carbons (Fsp3) is 0.667. The zero-order valence-corrected chi connectivity index (χ0v) is 9.68. The summed E-state index contributed by atoms with van der Waals surface area (Å²) < 4.78 is 41.9. The maximum atomic E-state index is 12.4. The topological polar surface area (TPSA) is 69.7 Å². The molecule has 1 aliphatic carbocycles. The lowest BCUT2D eigenvalue weighted by Gasteiger charge is -2.17. The molecule has 1 rings (SSSR count). The number of rotatable bonds is 4. The zero-order chi connectivity index (χ0) is 12.2. The lowest BCUT2D eigenvalue weighted by Crippen LogP contribution is -2.15. The van der Waals surface area contributed by atoms with E-state index in [1.807, 2.05) is 0 Å². The van der Waals surface area contributed by atoms with Crippen molar-refractivity contribution in [2.24, 2.45) is 0 Å². The number of ether oxygens (including phenoxy) is 1. The van der Waals surface area contributed by atoms with E-state index in [1.165, 1.54) is 0 Å². The highest BCUT2D eigenvalue weighted by Crippen LogP contribution is 2.28. The van der Waals surface area contributed by atoms with Crippen molar-refractivity contribution in [2.75, 3.05) is 6.61 Å². The highest BCUT2D eigenvalue weighted by Gasteiger charge is 2.25. The van der Waals surface area contributed by atoms with Crippen molar-refractivity contribution < 1.29 is 26.0 Å². The first-order valence-electron chi connectivity index (χ1n) is 4.97. The van der Waals surface area contributed by atoms with E-state index in [0.29, 0.717) is 12.8 Å². The second-order valence-electron chi connectivity index (χ2n) is 3.31. The molecule has 0 heterocycles. The minimum absolute atomic E-state index is 0.120. The molecule has 16 heavy (non-hydrogen) atoms. The number of carbonyl (C=O) groups is 1. The standard InChI is InChI=1S/C9H13FO5S/c1-2-14-9(11)7-5-3-4-6-8(7)15-16(10,12)13/h2-6H2,1H3. The van der Waals surface area contributed by atoms with E-state index in [2.05, 4.69) is 4.18 Å². The molecule has 1 aliphatic rings. The number of hydrogen-bond acceptors (Lipinski definition) is 5. The summed E-state index contributed by atoms with van der Waals surface area (Å²) in [5.74, 6) is -0.770. The summed E-state index contributed by atoms with van der Waals surface area (Å²) in [4.78, 5) is 11.4. The minimum atomic E-state index is -5.07. The monoisotopic (exact) mass is 252 g/mol. The summed E-state index contributed by atoms with van der Waals surface area (Å²) in [7, 11) is -5.07. The predicted molar refractivity (Wildman–Crippen MR) is 53.2 cm³/mol. The van der Waals surface area contributed by atoms with Gasteiger partial charge in [-0.2, -0.15) is 8.42 Å². The van der Waals surface area contributed by atoms with Gasteiger partial charge in [-0.1, -0.05) is 3.89 Å². The molecule has 0 saturated carbocycles. The van der Waals surface area contributed by atoms with Crippen LogP contribution < -0.4 is 0 Å². The molecule has 0 radical (unpaired) electrons. The fourth-order valence-corrected chi connectivity index (χ4v) is 1.95. The van der Waals surface area contributed by atoms with E-state index in [-0.39, 0.29) is 24.4 Å². The van der Waals surface area contributed by atoms with Gasteiger partial charge in [-0.3, -0.25) is 0 Å². The smallest absolute Gasteiger partial charge is 0.463 e. The lowest BCUT2D eigenvalue weighted by atomic mass is 9.98. The first kappa shape index (κ1) is 13.0. The van der Waals surface area contributed by atoms with Gasteiger partial charge >= 0.3 is 16.5 Å². The van der Waals surface area contributed by atoms with Crippen LogP contribution >= 0.6 is 0 Å². The Morgan fingerprint density at radius 1 is 1.38 bits per heavy atom. The molecule has 0 aliphatic heterocycles. The SMILES string of the molecule is CCOC(=O)C1=C(OS(=O)(=O)F)CCCC1. The second-order valence-corrected chi connectivity index (χ2v) is 4.26. The second kappa shape index (κ2) is 5.29. The van der Waals surface area contributed by atoms with Crippen LogP contribution in [0.4, 0.5) is 3.89 Å². The van der Waals surface area contributed by atoms with E-state index in [1.54, 1.807) is 6.92 Å². The van der Waals surface area contributed by atoms with Gasteiger partial charge < -0.3 is 8.92 Å². The molecule has 0 spiro atoms. The number of esters is 1. The Morgan fingerprint density at radius 3 is 2.56 bits per heavy atom. The summed E-state index contributed by atoms with van der Waals surface area (Å²) >= 11 is 0. The molecule has 92 valence electrons. The van der Waals surface area contributed by atoms with Gasteiger partial charge in [-0.15, -0.1) is 0 Å². The Labute approximate surface area is 93.6 Å². The van der Waals surface area contributed by atoms with Gasteiger partial charge in [0.05, 0.1) is 12.2 Å². The van der Waals surface area contributed by atoms with Crippen molar-refractivity contribution in [2.45, 2.75) is 32.6 Å². The van der Waals surface area contributed by atoms with Gasteiger partial charge in [-0.05, 0) is 26.2 Å². The number of halogens is 1. The average molecular weight is 252 g/mol. The Morgan fingerprint density at radius 2 is 2.00 bits per heavy atom. The molecule has 0 amide bonds. The van der Waals surface area contributed by atoms with Gasteiger partial charge in [-0.25, -0.2) is 4.79 Å². The van der Waals surface area contributed by atoms with E-state index < -0.39 is 16.5 Å². The van der Waals surface area contributed by atoms with Crippen molar-refractivity contribution in [1.29, 1.82) is 0 Å². The summed E-state index contributed by atoms with van der Waals surface area (Å²) in [6, 6.07) is 0. The van der Waals surface area contributed by atoms with Crippen LogP contribution in [0.2, 0.25) is 0 Å². The van der Waals surface area contributed by atoms with Crippen LogP contribution in [0.1, 0.15) is 32.6 Å². The molecule has 7 heteroatoms. The van der Waals surface area contributed by atoms with E-state index in [4.69, 9.17) is 4.74 Å². The fourth-order valence-electron chi connectivity index (χ4n) is 1.52. The van der Waals surface area contributed by atoms with Gasteiger partial charge in [0, 0.05) is 6.42 Å². The molecule has 0 unspecified atom stereocenters. The van der Waals surface area contributed by atoms with Crippen LogP contribution in [-0.4, -0.2) is 21.0 Å². The zero-order valence-electron chi connectivity index (χ0n) is 8.86. The van der Waals surface area contributed by atoms with Crippen molar-refractivity contribution in [3.05, 3.63) is 11.3 Å². The van der Waals surface area contributed by atoms with Crippen molar-refractivity contribution in [3.63, 3.8) is 0 Å². The van der Waals surface area contributed by atoms with E-state index in [0.717, 1.165) is 6.42 Å². The summed E-state index contributed by atoms with van der Waals surface area (Å²) in [6.07, 6.45) is 1.97. The molecule has 5 nitrogen and oxygen atoms in total. The van der Waals surface area contributed by atoms with Gasteiger partial charge in [0.2, 0.25) is 0 Å². The third kappa shape index (κ3) is 3.80. The van der Waals surface area contributed by atoms with Crippen molar-refractivity contribution in [1.82, 2.24) is 0 Å². The van der Waals surface area contributed by atoms with Gasteiger partial charge in [0.25, 0.3) is 0 Å². The summed E-state index contributed by atoms with van der Waals surface area (Å²) in [5, 5.41) is 0. The number of carbonyl (C=O) groups excluding carboxylic acids is 1. The molecular formula is C9H13FO5S. The number of hydrogen-bond donors (Lipinski definition) is 0. The Kier molecular flexibility index (Phi) is 4.28. The third-order valence-corrected chi connectivity index (χ3v) is 2.54.